The Morgan fingerprint density at radius 2 is 2.10 bits per heavy atom. The molecule has 0 aliphatic carbocycles. The van der Waals surface area contributed by atoms with E-state index in [0.29, 0.717) is 6.42 Å². The summed E-state index contributed by atoms with van der Waals surface area (Å²) >= 11 is 0. The van der Waals surface area contributed by atoms with Gasteiger partial charge in [0, 0.05) is 18.2 Å². The van der Waals surface area contributed by atoms with Gasteiger partial charge in [-0.25, -0.2) is 0 Å². The van der Waals surface area contributed by atoms with Crippen molar-refractivity contribution in [3.63, 3.8) is 0 Å². The van der Waals surface area contributed by atoms with Crippen LogP contribution in [0, 0.1) is 5.92 Å². The van der Waals surface area contributed by atoms with Crippen molar-refractivity contribution in [2.75, 3.05) is 11.4 Å². The number of carboxylic acid groups (broad SMARTS) is 1. The summed E-state index contributed by atoms with van der Waals surface area (Å²) in [5.74, 6) is -1.75. The molecule has 1 heterocycles. The van der Waals surface area contributed by atoms with E-state index in [1.54, 1.807) is 17.0 Å². The number of carbonyl (C=O) groups is 2. The van der Waals surface area contributed by atoms with Crippen molar-refractivity contribution < 1.29 is 14.7 Å². The van der Waals surface area contributed by atoms with Gasteiger partial charge in [-0.3, -0.25) is 9.59 Å². The van der Waals surface area contributed by atoms with Crippen molar-refractivity contribution in [3.05, 3.63) is 42.0 Å². The van der Waals surface area contributed by atoms with Crippen molar-refractivity contribution in [3.8, 4) is 0 Å². The molecule has 1 amide bonds. The van der Waals surface area contributed by atoms with Gasteiger partial charge < -0.3 is 10.0 Å². The van der Waals surface area contributed by atoms with Crippen LogP contribution in [0.4, 0.5) is 5.69 Å². The van der Waals surface area contributed by atoms with E-state index in [4.69, 9.17) is 0 Å². The van der Waals surface area contributed by atoms with E-state index < -0.39 is 11.9 Å². The summed E-state index contributed by atoms with van der Waals surface area (Å²) in [4.78, 5) is 25.4. The molecule has 1 aliphatic rings. The summed E-state index contributed by atoms with van der Waals surface area (Å²) in [5.41, 5.74) is 2.39. The molecule has 2 rings (SSSR count). The van der Waals surface area contributed by atoms with Crippen molar-refractivity contribution in [2.45, 2.75) is 26.2 Å². The van der Waals surface area contributed by atoms with Crippen molar-refractivity contribution in [1.29, 1.82) is 0 Å². The Kier molecular flexibility index (Phi) is 3.93. The van der Waals surface area contributed by atoms with Crippen molar-refractivity contribution in [1.82, 2.24) is 0 Å². The number of para-hydroxylation sites is 1. The van der Waals surface area contributed by atoms with Gasteiger partial charge in [0.25, 0.3) is 0 Å². The second kappa shape index (κ2) is 5.49. The Morgan fingerprint density at radius 3 is 2.70 bits per heavy atom. The molecule has 0 saturated carbocycles. The van der Waals surface area contributed by atoms with Crippen LogP contribution < -0.4 is 4.90 Å². The van der Waals surface area contributed by atoms with E-state index in [0.717, 1.165) is 16.8 Å². The van der Waals surface area contributed by atoms with Gasteiger partial charge in [0.15, 0.2) is 0 Å². The molecule has 2 atom stereocenters. The average Bonchev–Trinajstić information content (AvgIpc) is 2.76. The third-order valence-corrected chi connectivity index (χ3v) is 3.61. The summed E-state index contributed by atoms with van der Waals surface area (Å²) < 4.78 is 0. The van der Waals surface area contributed by atoms with Crippen molar-refractivity contribution in [2.24, 2.45) is 5.92 Å². The maximum Gasteiger partial charge on any atom is 0.312 e. The highest BCUT2D eigenvalue weighted by atomic mass is 16.4. The lowest BCUT2D eigenvalue weighted by Gasteiger charge is -2.22. The van der Waals surface area contributed by atoms with Crippen LogP contribution in [-0.2, 0) is 9.59 Å². The number of nitrogens with zero attached hydrogens (tertiary/aromatic N) is 1. The zero-order valence-electron chi connectivity index (χ0n) is 11.8. The van der Waals surface area contributed by atoms with Crippen LogP contribution in [0.2, 0.25) is 0 Å². The summed E-state index contributed by atoms with van der Waals surface area (Å²) in [7, 11) is 0. The number of fused-ring (bicyclic) bond motifs is 1. The molecule has 1 aromatic rings. The molecule has 0 aromatic heterocycles. The predicted octanol–water partition coefficient (Wildman–Crippen LogP) is 2.80. The fraction of sp³-hybridized carbons (Fsp3) is 0.375. The van der Waals surface area contributed by atoms with Gasteiger partial charge in [0.05, 0.1) is 0 Å². The molecule has 0 saturated heterocycles. The second-order valence-corrected chi connectivity index (χ2v) is 5.46. The fourth-order valence-electron chi connectivity index (χ4n) is 2.70. The smallest absolute Gasteiger partial charge is 0.312 e. The number of aliphatic carboxylic acids is 1. The third kappa shape index (κ3) is 2.59. The molecule has 0 spiro atoms. The van der Waals surface area contributed by atoms with Crippen LogP contribution in [-0.4, -0.2) is 23.5 Å². The number of amides is 1. The molecule has 0 fully saturated rings. The lowest BCUT2D eigenvalue weighted by atomic mass is 10.0. The van der Waals surface area contributed by atoms with Gasteiger partial charge >= 0.3 is 5.97 Å². The van der Waals surface area contributed by atoms with Crippen LogP contribution in [0.5, 0.6) is 0 Å². The maximum absolute atomic E-state index is 12.5. The Bertz CT molecular complexity index is 565. The minimum atomic E-state index is -0.889. The second-order valence-electron chi connectivity index (χ2n) is 5.46. The van der Waals surface area contributed by atoms with E-state index in [1.807, 2.05) is 26.0 Å². The maximum atomic E-state index is 12.5. The monoisotopic (exact) mass is 273 g/mol. The number of rotatable bonds is 4. The van der Waals surface area contributed by atoms with Crippen LogP contribution in [0.25, 0.3) is 0 Å². The Hall–Kier alpha value is -2.10. The molecular formula is C16H19NO3. The Balaban J connectivity index is 2.29. The fourth-order valence-corrected chi connectivity index (χ4v) is 2.70. The molecule has 106 valence electrons. The molecule has 0 unspecified atom stereocenters. The summed E-state index contributed by atoms with van der Waals surface area (Å²) in [5, 5.41) is 9.29. The van der Waals surface area contributed by atoms with Gasteiger partial charge in [-0.15, -0.1) is 6.58 Å². The van der Waals surface area contributed by atoms with E-state index in [1.165, 1.54) is 0 Å². The molecule has 1 N–H and O–H groups in total. The van der Waals surface area contributed by atoms with Gasteiger partial charge in [0.2, 0.25) is 5.91 Å². The molecule has 1 aromatic carbocycles. The molecule has 20 heavy (non-hydrogen) atoms. The van der Waals surface area contributed by atoms with Gasteiger partial charge in [-0.2, -0.15) is 0 Å². The first-order chi connectivity index (χ1) is 9.41. The first-order valence-electron chi connectivity index (χ1n) is 6.69. The van der Waals surface area contributed by atoms with Crippen molar-refractivity contribution >= 4 is 17.6 Å². The first-order valence-corrected chi connectivity index (χ1v) is 6.69. The SMILES string of the molecule is C=C(C)C[C@@H](C)C(=O)N1C[C@H](C(=O)O)c2ccccc21. The minimum Gasteiger partial charge on any atom is -0.481 e. The minimum absolute atomic E-state index is 0.0378. The number of carboxylic acids is 1. The highest BCUT2D eigenvalue weighted by molar-refractivity contribution is 6.00. The standard InChI is InChI=1S/C16H19NO3/c1-10(2)8-11(3)15(18)17-9-13(16(19)20)12-6-4-5-7-14(12)17/h4-7,11,13H,1,8-9H2,2-3H3,(H,19,20)/t11-,13+/m1/s1. The van der Waals surface area contributed by atoms with Crippen LogP contribution in [0.1, 0.15) is 31.7 Å². The molecular weight excluding hydrogens is 254 g/mol. The van der Waals surface area contributed by atoms with Crippen LogP contribution in [0.3, 0.4) is 0 Å². The number of carbonyl (C=O) groups excluding carboxylic acids is 1. The highest BCUT2D eigenvalue weighted by Gasteiger charge is 2.37. The topological polar surface area (TPSA) is 57.6 Å². The zero-order valence-corrected chi connectivity index (χ0v) is 11.8. The molecule has 0 bridgehead atoms. The van der Waals surface area contributed by atoms with Gasteiger partial charge in [-0.05, 0) is 25.0 Å². The van der Waals surface area contributed by atoms with E-state index in [-0.39, 0.29) is 18.4 Å². The predicted molar refractivity (Wildman–Crippen MR) is 77.8 cm³/mol. The summed E-state index contributed by atoms with van der Waals surface area (Å²) in [6, 6.07) is 7.22. The van der Waals surface area contributed by atoms with E-state index in [2.05, 4.69) is 6.58 Å². The van der Waals surface area contributed by atoms with Crippen LogP contribution >= 0.6 is 0 Å². The van der Waals surface area contributed by atoms with Gasteiger partial charge in [-0.1, -0.05) is 30.7 Å². The molecule has 4 heteroatoms. The molecule has 4 nitrogen and oxygen atoms in total. The quantitative estimate of drug-likeness (QED) is 0.858. The zero-order chi connectivity index (χ0) is 14.9. The summed E-state index contributed by atoms with van der Waals surface area (Å²) in [6.07, 6.45) is 0.620. The Labute approximate surface area is 118 Å². The normalized spacial score (nSPS) is 18.5. The van der Waals surface area contributed by atoms with E-state index >= 15 is 0 Å². The third-order valence-electron chi connectivity index (χ3n) is 3.61. The Morgan fingerprint density at radius 1 is 1.45 bits per heavy atom. The molecule has 1 aliphatic heterocycles. The molecule has 0 radical (unpaired) electrons. The largest absolute Gasteiger partial charge is 0.481 e. The summed E-state index contributed by atoms with van der Waals surface area (Å²) in [6.45, 7) is 7.79. The lowest BCUT2D eigenvalue weighted by molar-refractivity contribution is -0.138. The highest BCUT2D eigenvalue weighted by Crippen LogP contribution is 2.37. The number of anilines is 1. The number of allylic oxidation sites excluding steroid dienone is 1. The van der Waals surface area contributed by atoms with E-state index in [9.17, 15) is 14.7 Å². The van der Waals surface area contributed by atoms with Crippen LogP contribution in [0.15, 0.2) is 36.4 Å². The lowest BCUT2D eigenvalue weighted by Crippen LogP contribution is -2.35. The number of hydrogen-bond donors (Lipinski definition) is 1. The van der Waals surface area contributed by atoms with Gasteiger partial charge in [0.1, 0.15) is 5.92 Å². The first kappa shape index (κ1) is 14.3. The average molecular weight is 273 g/mol. The number of benzene rings is 1. The number of hydrogen-bond acceptors (Lipinski definition) is 2.